The van der Waals surface area contributed by atoms with Crippen LogP contribution in [0.5, 0.6) is 0 Å². The first-order valence-electron chi connectivity index (χ1n) is 12.9. The molecule has 41 heavy (non-hydrogen) atoms. The largest absolute Gasteiger partial charge is 0.445 e. The Morgan fingerprint density at radius 2 is 1.93 bits per heavy atom. The zero-order chi connectivity index (χ0) is 29.2. The molecule has 1 amide bonds. The zero-order valence-corrected chi connectivity index (χ0v) is 23.4. The molecule has 0 bridgehead atoms. The molecule has 4 heterocycles. The van der Waals surface area contributed by atoms with E-state index in [2.05, 4.69) is 19.9 Å². The Morgan fingerprint density at radius 1 is 1.22 bits per heavy atom. The second-order valence-corrected chi connectivity index (χ2v) is 13.1. The molecule has 2 saturated carbocycles. The Morgan fingerprint density at radius 3 is 2.51 bits per heavy atom. The molecule has 3 aromatic heterocycles. The lowest BCUT2D eigenvalue weighted by atomic mass is 9.81. The molecule has 12 nitrogen and oxygen atoms in total. The third-order valence-electron chi connectivity index (χ3n) is 7.77. The minimum atomic E-state index is -4.69. The summed E-state index contributed by atoms with van der Waals surface area (Å²) >= 11 is 0.301. The van der Waals surface area contributed by atoms with Crippen LogP contribution in [-0.2, 0) is 25.7 Å². The number of pyridine rings is 1. The van der Waals surface area contributed by atoms with E-state index < -0.39 is 26.7 Å². The van der Waals surface area contributed by atoms with Crippen molar-refractivity contribution in [2.75, 3.05) is 38.2 Å². The lowest BCUT2D eigenvalue weighted by Crippen LogP contribution is -2.52. The van der Waals surface area contributed by atoms with Gasteiger partial charge in [-0.1, -0.05) is 11.3 Å². The number of halogens is 3. The number of carbonyl (C=O) groups is 1. The van der Waals surface area contributed by atoms with Gasteiger partial charge in [-0.15, -0.1) is 10.2 Å². The normalized spacial score (nSPS) is 22.4. The van der Waals surface area contributed by atoms with E-state index >= 15 is 0 Å². The van der Waals surface area contributed by atoms with Gasteiger partial charge in [0, 0.05) is 45.4 Å². The predicted octanol–water partition coefficient (Wildman–Crippen LogP) is 2.28. The average molecular weight is 611 g/mol. The van der Waals surface area contributed by atoms with Crippen LogP contribution in [0.25, 0.3) is 16.3 Å². The van der Waals surface area contributed by atoms with Gasteiger partial charge in [0.1, 0.15) is 10.4 Å². The zero-order valence-electron chi connectivity index (χ0n) is 21.8. The highest BCUT2D eigenvalue weighted by molar-refractivity contribution is 7.89. The Hall–Kier alpha value is -3.33. The van der Waals surface area contributed by atoms with Gasteiger partial charge >= 0.3 is 6.18 Å². The van der Waals surface area contributed by atoms with Crippen molar-refractivity contribution in [3.63, 3.8) is 0 Å². The summed E-state index contributed by atoms with van der Waals surface area (Å²) in [6, 6.07) is 3.46. The number of ether oxygens (including phenoxy) is 1. The molecule has 17 heteroatoms. The van der Waals surface area contributed by atoms with Crippen LogP contribution in [0, 0.1) is 17.2 Å². The van der Waals surface area contributed by atoms with E-state index in [-0.39, 0.29) is 33.7 Å². The van der Waals surface area contributed by atoms with E-state index in [4.69, 9.17) is 4.74 Å². The monoisotopic (exact) mass is 610 g/mol. The van der Waals surface area contributed by atoms with Crippen molar-refractivity contribution in [2.24, 2.45) is 5.92 Å². The highest BCUT2D eigenvalue weighted by Gasteiger charge is 2.47. The summed E-state index contributed by atoms with van der Waals surface area (Å²) in [4.78, 5) is 20.7. The number of rotatable bonds is 7. The number of nitrogens with one attached hydrogen (secondary N) is 1. The second kappa shape index (κ2) is 9.89. The molecule has 218 valence electrons. The minimum absolute atomic E-state index is 0.000729. The van der Waals surface area contributed by atoms with Crippen LogP contribution in [0.2, 0.25) is 0 Å². The number of amides is 1. The third-order valence-corrected chi connectivity index (χ3v) is 10.2. The van der Waals surface area contributed by atoms with Gasteiger partial charge in [-0.25, -0.2) is 13.4 Å². The van der Waals surface area contributed by atoms with Crippen molar-refractivity contribution in [1.29, 1.82) is 5.26 Å². The number of anilines is 1. The molecular formula is C24H25F3N8O4S2. The van der Waals surface area contributed by atoms with Gasteiger partial charge in [0.2, 0.25) is 20.9 Å². The molecule has 0 radical (unpaired) electrons. The fourth-order valence-corrected chi connectivity index (χ4v) is 7.20. The maximum Gasteiger partial charge on any atom is 0.445 e. The lowest BCUT2D eigenvalue weighted by Gasteiger charge is -2.41. The van der Waals surface area contributed by atoms with E-state index in [0.29, 0.717) is 74.4 Å². The molecule has 0 spiro atoms. The molecule has 1 N–H and O–H groups in total. The molecule has 2 aliphatic carbocycles. The molecule has 0 aromatic carbocycles. The highest BCUT2D eigenvalue weighted by Crippen LogP contribution is 2.39. The Balaban J connectivity index is 1.34. The summed E-state index contributed by atoms with van der Waals surface area (Å²) in [6.45, 7) is 1.63. The third kappa shape index (κ3) is 5.13. The number of fused-ring (bicyclic) bond motifs is 1. The van der Waals surface area contributed by atoms with Crippen molar-refractivity contribution >= 4 is 38.5 Å². The van der Waals surface area contributed by atoms with E-state index in [1.54, 1.807) is 12.0 Å². The molecule has 0 atom stereocenters. The van der Waals surface area contributed by atoms with Crippen LogP contribution in [0.4, 0.5) is 18.9 Å². The number of sulfonamides is 1. The molecule has 1 aliphatic heterocycles. The van der Waals surface area contributed by atoms with Crippen molar-refractivity contribution in [1.82, 2.24) is 29.2 Å². The Kier molecular flexibility index (Phi) is 6.71. The van der Waals surface area contributed by atoms with Crippen LogP contribution < -0.4 is 9.62 Å². The number of piperazine rings is 1. The van der Waals surface area contributed by atoms with E-state index in [1.165, 1.54) is 22.9 Å². The second-order valence-electron chi connectivity index (χ2n) is 10.4. The summed E-state index contributed by atoms with van der Waals surface area (Å²) in [5.74, 6) is -0.00374. The summed E-state index contributed by atoms with van der Waals surface area (Å²) in [6.07, 6.45) is 0.239. The van der Waals surface area contributed by atoms with E-state index in [0.717, 1.165) is 0 Å². The average Bonchev–Trinajstić information content (AvgIpc) is 3.29. The van der Waals surface area contributed by atoms with Gasteiger partial charge in [0.25, 0.3) is 0 Å². The summed E-state index contributed by atoms with van der Waals surface area (Å²) in [5, 5.41) is 15.0. The van der Waals surface area contributed by atoms with Crippen molar-refractivity contribution in [3.05, 3.63) is 23.5 Å². The maximum absolute atomic E-state index is 13.4. The van der Waals surface area contributed by atoms with Gasteiger partial charge in [-0.3, -0.25) is 9.20 Å². The molecule has 1 saturated heterocycles. The van der Waals surface area contributed by atoms with Crippen LogP contribution in [0.15, 0.2) is 23.4 Å². The molecular weight excluding hydrogens is 585 g/mol. The van der Waals surface area contributed by atoms with Crippen LogP contribution in [-0.4, -0.2) is 83.7 Å². The fourth-order valence-electron chi connectivity index (χ4n) is 5.10. The number of nitrogens with zero attached hydrogens (tertiary/aromatic N) is 7. The van der Waals surface area contributed by atoms with Gasteiger partial charge in [0.05, 0.1) is 29.6 Å². The van der Waals surface area contributed by atoms with Crippen LogP contribution >= 0.6 is 11.3 Å². The minimum Gasteiger partial charge on any atom is -0.381 e. The summed E-state index contributed by atoms with van der Waals surface area (Å²) in [7, 11) is -2.56. The number of hydrogen-bond acceptors (Lipinski definition) is 10. The fraction of sp³-hybridized carbons (Fsp3) is 0.542. The number of methoxy groups -OCH3 is 1. The first-order chi connectivity index (χ1) is 19.4. The summed E-state index contributed by atoms with van der Waals surface area (Å²) in [5.41, 5.74) is -0.253. The summed E-state index contributed by atoms with van der Waals surface area (Å²) < 4.78 is 75.5. The Labute approximate surface area is 236 Å². The maximum atomic E-state index is 13.4. The van der Waals surface area contributed by atoms with E-state index in [9.17, 15) is 31.6 Å². The first-order valence-corrected chi connectivity index (χ1v) is 15.2. The van der Waals surface area contributed by atoms with Crippen LogP contribution in [0.3, 0.4) is 0 Å². The van der Waals surface area contributed by atoms with Crippen LogP contribution in [0.1, 0.15) is 30.7 Å². The molecule has 0 unspecified atom stereocenters. The molecule has 3 fully saturated rings. The smallest absolute Gasteiger partial charge is 0.381 e. The molecule has 3 aliphatic rings. The number of imidazole rings is 1. The van der Waals surface area contributed by atoms with Gasteiger partial charge in [-0.2, -0.15) is 23.2 Å². The predicted molar refractivity (Wildman–Crippen MR) is 139 cm³/mol. The Bertz CT molecular complexity index is 1650. The standard InChI is InChI=1S/C24H25F3N8O4S2/c1-39-15-8-14(9-15)21(36)34-6-4-33(5-7-34)17-10-16(41(37,38)32-23(13-28)2-3-23)12-35-18(17)11-29-19(35)20-30-31-22(40-20)24(25,26)27/h10-12,14-15,32H,2-9H2,1H3. The highest BCUT2D eigenvalue weighted by atomic mass is 32.2. The number of nitriles is 1. The lowest BCUT2D eigenvalue weighted by molar-refractivity contribution is -0.143. The van der Waals surface area contributed by atoms with Crippen molar-refractivity contribution < 1.29 is 31.1 Å². The number of carbonyl (C=O) groups excluding carboxylic acids is 1. The molecule has 6 rings (SSSR count). The quantitative estimate of drug-likeness (QED) is 0.426. The van der Waals surface area contributed by atoms with Gasteiger partial charge in [-0.05, 0) is 31.7 Å². The van der Waals surface area contributed by atoms with Gasteiger partial charge < -0.3 is 14.5 Å². The first kappa shape index (κ1) is 27.8. The molecule has 3 aromatic rings. The van der Waals surface area contributed by atoms with Crippen molar-refractivity contribution in [3.8, 4) is 16.9 Å². The topological polar surface area (TPSA) is 146 Å². The van der Waals surface area contributed by atoms with Crippen molar-refractivity contribution in [2.45, 2.75) is 48.4 Å². The number of aromatic nitrogens is 4. The number of hydrogen-bond donors (Lipinski definition) is 1. The SMILES string of the molecule is COC1CC(C(=O)N2CCN(c3cc(S(=O)(=O)NC4(C#N)CC4)cn4c(-c5nnc(C(F)(F)F)s5)ncc34)CC2)C1. The van der Waals surface area contributed by atoms with Gasteiger partial charge in [0.15, 0.2) is 10.8 Å². The van der Waals surface area contributed by atoms with E-state index in [1.807, 2.05) is 11.0 Å². The number of alkyl halides is 3.